The molecule has 0 spiro atoms. The van der Waals surface area contributed by atoms with E-state index in [1.165, 1.54) is 6.92 Å². The summed E-state index contributed by atoms with van der Waals surface area (Å²) < 4.78 is 6.61. The molecule has 0 radical (unpaired) electrons. The average molecular weight is 326 g/mol. The maximum atomic E-state index is 11.2. The van der Waals surface area contributed by atoms with Crippen LogP contribution < -0.4 is 4.74 Å². The minimum Gasteiger partial charge on any atom is -0.456 e. The average Bonchev–Trinajstić information content (AvgIpc) is 2.34. The van der Waals surface area contributed by atoms with Crippen molar-refractivity contribution in [3.63, 3.8) is 0 Å². The highest BCUT2D eigenvalue weighted by molar-refractivity contribution is 9.10. The van der Waals surface area contributed by atoms with Crippen molar-refractivity contribution in [3.8, 4) is 11.5 Å². The van der Waals surface area contributed by atoms with E-state index in [9.17, 15) is 4.79 Å². The number of hydrogen-bond donors (Lipinski definition) is 0. The fourth-order valence-corrected chi connectivity index (χ4v) is 1.92. The van der Waals surface area contributed by atoms with E-state index >= 15 is 0 Å². The van der Waals surface area contributed by atoms with Crippen LogP contribution in [0.3, 0.4) is 0 Å². The molecule has 2 rings (SSSR count). The highest BCUT2D eigenvalue weighted by atomic mass is 79.9. The molecule has 2 aromatic carbocycles. The number of carbonyl (C=O) groups excluding carboxylic acids is 1. The van der Waals surface area contributed by atoms with Gasteiger partial charge in [-0.3, -0.25) is 4.79 Å². The molecule has 0 atom stereocenters. The van der Waals surface area contributed by atoms with Gasteiger partial charge in [-0.15, -0.1) is 0 Å². The predicted molar refractivity (Wildman–Crippen MR) is 75.7 cm³/mol. The van der Waals surface area contributed by atoms with Crippen LogP contribution in [0.4, 0.5) is 0 Å². The summed E-state index contributed by atoms with van der Waals surface area (Å²) in [6, 6.07) is 12.4. The first-order valence-electron chi connectivity index (χ1n) is 5.30. The lowest BCUT2D eigenvalue weighted by atomic mass is 10.1. The molecule has 92 valence electrons. The molecule has 2 nitrogen and oxygen atoms in total. The Labute approximate surface area is 119 Å². The molecule has 0 fully saturated rings. The number of halogens is 2. The van der Waals surface area contributed by atoms with Gasteiger partial charge in [0.25, 0.3) is 0 Å². The lowest BCUT2D eigenvalue weighted by molar-refractivity contribution is 0.101. The van der Waals surface area contributed by atoms with Gasteiger partial charge in [0.05, 0.1) is 5.02 Å². The largest absolute Gasteiger partial charge is 0.456 e. The molecule has 0 saturated heterocycles. The summed E-state index contributed by atoms with van der Waals surface area (Å²) in [5.74, 6) is 1.20. The number of Topliss-reactive ketones (excluding diaryl/α,β-unsaturated/α-hetero) is 1. The molecule has 0 aromatic heterocycles. The molecule has 4 heteroatoms. The Hall–Kier alpha value is -1.32. The summed E-state index contributed by atoms with van der Waals surface area (Å²) in [6.45, 7) is 1.50. The van der Waals surface area contributed by atoms with Crippen LogP contribution in [0.15, 0.2) is 46.9 Å². The Balaban J connectivity index is 2.24. The normalized spacial score (nSPS) is 10.2. The van der Waals surface area contributed by atoms with E-state index in [0.29, 0.717) is 22.1 Å². The number of benzene rings is 2. The zero-order valence-corrected chi connectivity index (χ0v) is 12.0. The van der Waals surface area contributed by atoms with Crippen molar-refractivity contribution >= 4 is 33.3 Å². The predicted octanol–water partition coefficient (Wildman–Crippen LogP) is 5.10. The summed E-state index contributed by atoms with van der Waals surface area (Å²) in [4.78, 5) is 11.2. The van der Waals surface area contributed by atoms with Crippen LogP contribution in [-0.4, -0.2) is 5.78 Å². The lowest BCUT2D eigenvalue weighted by Crippen LogP contribution is -1.92. The Morgan fingerprint density at radius 3 is 2.39 bits per heavy atom. The second-order valence-corrected chi connectivity index (χ2v) is 5.08. The monoisotopic (exact) mass is 324 g/mol. The molecule has 0 aliphatic rings. The van der Waals surface area contributed by atoms with Crippen molar-refractivity contribution < 1.29 is 9.53 Å². The number of carbonyl (C=O) groups is 1. The lowest BCUT2D eigenvalue weighted by Gasteiger charge is -2.08. The summed E-state index contributed by atoms with van der Waals surface area (Å²) in [6.07, 6.45) is 0. The molecule has 2 aromatic rings. The molecular formula is C14H10BrClO2. The Morgan fingerprint density at radius 2 is 1.83 bits per heavy atom. The molecule has 0 unspecified atom stereocenters. The van der Waals surface area contributed by atoms with Crippen LogP contribution in [0.1, 0.15) is 17.3 Å². The molecule has 0 N–H and O–H groups in total. The second kappa shape index (κ2) is 5.55. The Bertz CT molecular complexity index is 579. The van der Waals surface area contributed by atoms with Crippen LogP contribution in [0.25, 0.3) is 0 Å². The van der Waals surface area contributed by atoms with E-state index in [1.54, 1.807) is 18.2 Å². The van der Waals surface area contributed by atoms with Crippen molar-refractivity contribution in [1.82, 2.24) is 0 Å². The van der Waals surface area contributed by atoms with Crippen LogP contribution >= 0.6 is 27.5 Å². The van der Waals surface area contributed by atoms with Crippen LogP contribution in [0.2, 0.25) is 5.02 Å². The fourth-order valence-electron chi connectivity index (χ4n) is 1.43. The van der Waals surface area contributed by atoms with E-state index in [-0.39, 0.29) is 5.78 Å². The van der Waals surface area contributed by atoms with Crippen molar-refractivity contribution in [2.24, 2.45) is 0 Å². The van der Waals surface area contributed by atoms with Gasteiger partial charge in [0, 0.05) is 10.0 Å². The maximum Gasteiger partial charge on any atom is 0.159 e. The molecule has 0 saturated carbocycles. The number of hydrogen-bond acceptors (Lipinski definition) is 2. The molecule has 0 aliphatic heterocycles. The number of ether oxygens (including phenoxy) is 1. The van der Waals surface area contributed by atoms with Gasteiger partial charge >= 0.3 is 0 Å². The number of ketones is 1. The summed E-state index contributed by atoms with van der Waals surface area (Å²) in [5.41, 5.74) is 0.572. The highest BCUT2D eigenvalue weighted by Gasteiger charge is 2.07. The third-order valence-corrected chi connectivity index (χ3v) is 3.20. The van der Waals surface area contributed by atoms with E-state index in [2.05, 4.69) is 15.9 Å². The summed E-state index contributed by atoms with van der Waals surface area (Å²) in [5, 5.41) is 0.422. The van der Waals surface area contributed by atoms with Gasteiger partial charge in [-0.1, -0.05) is 27.5 Å². The minimum absolute atomic E-state index is 0.0212. The summed E-state index contributed by atoms with van der Waals surface area (Å²) >= 11 is 9.42. The third-order valence-electron chi connectivity index (χ3n) is 2.38. The Kier molecular flexibility index (Phi) is 4.04. The van der Waals surface area contributed by atoms with Gasteiger partial charge in [-0.05, 0) is 49.4 Å². The van der Waals surface area contributed by atoms with Gasteiger partial charge in [-0.2, -0.15) is 0 Å². The molecule has 0 aliphatic carbocycles. The van der Waals surface area contributed by atoms with Gasteiger partial charge in [0.1, 0.15) is 11.5 Å². The standard InChI is InChI=1S/C14H10BrClO2/c1-9(17)10-2-7-14(13(16)8-10)18-12-5-3-11(15)4-6-12/h2-8H,1H3. The van der Waals surface area contributed by atoms with E-state index in [1.807, 2.05) is 24.3 Å². The first-order valence-corrected chi connectivity index (χ1v) is 6.47. The first kappa shape index (κ1) is 13.1. The van der Waals surface area contributed by atoms with Gasteiger partial charge < -0.3 is 4.74 Å². The SMILES string of the molecule is CC(=O)c1ccc(Oc2ccc(Br)cc2)c(Cl)c1. The highest BCUT2D eigenvalue weighted by Crippen LogP contribution is 2.30. The topological polar surface area (TPSA) is 26.3 Å². The van der Waals surface area contributed by atoms with E-state index in [0.717, 1.165) is 4.47 Å². The van der Waals surface area contributed by atoms with Crippen LogP contribution in [0, 0.1) is 0 Å². The molecule has 18 heavy (non-hydrogen) atoms. The molecule has 0 amide bonds. The van der Waals surface area contributed by atoms with E-state index < -0.39 is 0 Å². The quantitative estimate of drug-likeness (QED) is 0.734. The van der Waals surface area contributed by atoms with Crippen molar-refractivity contribution in [2.75, 3.05) is 0 Å². The first-order chi connectivity index (χ1) is 8.56. The molecule has 0 bridgehead atoms. The van der Waals surface area contributed by atoms with Crippen molar-refractivity contribution in [1.29, 1.82) is 0 Å². The Morgan fingerprint density at radius 1 is 1.17 bits per heavy atom. The van der Waals surface area contributed by atoms with E-state index in [4.69, 9.17) is 16.3 Å². The van der Waals surface area contributed by atoms with Gasteiger partial charge in [0.15, 0.2) is 5.78 Å². The van der Waals surface area contributed by atoms with Gasteiger partial charge in [-0.25, -0.2) is 0 Å². The van der Waals surface area contributed by atoms with Crippen molar-refractivity contribution in [2.45, 2.75) is 6.92 Å². The molecular weight excluding hydrogens is 316 g/mol. The smallest absolute Gasteiger partial charge is 0.159 e. The summed E-state index contributed by atoms with van der Waals surface area (Å²) in [7, 11) is 0. The fraction of sp³-hybridized carbons (Fsp3) is 0.0714. The zero-order chi connectivity index (χ0) is 13.1. The third kappa shape index (κ3) is 3.12. The van der Waals surface area contributed by atoms with Crippen LogP contribution in [-0.2, 0) is 0 Å². The molecule has 0 heterocycles. The number of rotatable bonds is 3. The minimum atomic E-state index is -0.0212. The zero-order valence-electron chi connectivity index (χ0n) is 9.61. The van der Waals surface area contributed by atoms with Crippen LogP contribution in [0.5, 0.6) is 11.5 Å². The second-order valence-electron chi connectivity index (χ2n) is 3.76. The maximum absolute atomic E-state index is 11.2. The van der Waals surface area contributed by atoms with Crippen molar-refractivity contribution in [3.05, 3.63) is 57.5 Å². The van der Waals surface area contributed by atoms with Gasteiger partial charge in [0.2, 0.25) is 0 Å².